The maximum atomic E-state index is 13.7. The fourth-order valence-electron chi connectivity index (χ4n) is 6.68. The second kappa shape index (κ2) is 16.1. The van der Waals surface area contributed by atoms with Crippen molar-refractivity contribution in [1.82, 2.24) is 9.47 Å². The molecule has 2 heterocycles. The number of carbonyl (C=O) groups is 2. The summed E-state index contributed by atoms with van der Waals surface area (Å²) in [6.07, 6.45) is 3.25. The molecule has 0 saturated carbocycles. The van der Waals surface area contributed by atoms with Crippen molar-refractivity contribution in [2.24, 2.45) is 0 Å². The highest BCUT2D eigenvalue weighted by molar-refractivity contribution is 6.16. The molecule has 260 valence electrons. The number of ketones is 1. The van der Waals surface area contributed by atoms with Gasteiger partial charge in [-0.3, -0.25) is 14.5 Å². The summed E-state index contributed by atoms with van der Waals surface area (Å²) in [5.41, 5.74) is 5.61. The molecular formula is C42H47N3O5. The van der Waals surface area contributed by atoms with Gasteiger partial charge < -0.3 is 24.0 Å². The lowest BCUT2D eigenvalue weighted by atomic mass is 10.0. The Hall–Kier alpha value is -5.08. The molecule has 1 N–H and O–H groups in total. The third-order valence-corrected chi connectivity index (χ3v) is 9.32. The first-order valence-electron chi connectivity index (χ1n) is 17.7. The Bertz CT molecular complexity index is 1890. The van der Waals surface area contributed by atoms with Crippen molar-refractivity contribution >= 4 is 28.3 Å². The summed E-state index contributed by atoms with van der Waals surface area (Å²) in [7, 11) is 0. The molecule has 1 aliphatic heterocycles. The van der Waals surface area contributed by atoms with Crippen LogP contribution >= 0.6 is 0 Å². The van der Waals surface area contributed by atoms with E-state index in [1.165, 1.54) is 5.56 Å². The molecule has 8 heteroatoms. The van der Waals surface area contributed by atoms with E-state index in [1.807, 2.05) is 65.4 Å². The van der Waals surface area contributed by atoms with Gasteiger partial charge in [-0.05, 0) is 75.2 Å². The van der Waals surface area contributed by atoms with Crippen LogP contribution in [0.2, 0.25) is 0 Å². The Morgan fingerprint density at radius 1 is 0.800 bits per heavy atom. The standard InChI is InChI=1S/C42H47N3O5/c1-30(2)49-40-12-7-6-11-38(40)44-27-25-43(26-28-44)24-22-39(32-16-14-31(3)15-17-32)50-34-20-18-33(19-21-34)42(48)36-29-45(23-8-13-41(46)47)37-10-5-4-9-35(36)37/h4-7,9-12,14-21,29-30,39H,8,13,22-28H2,1-3H3,(H,46,47). The van der Waals surface area contributed by atoms with Crippen LogP contribution in [0.15, 0.2) is 103 Å². The average Bonchev–Trinajstić information content (AvgIpc) is 3.49. The molecule has 1 unspecified atom stereocenters. The molecule has 1 atom stereocenters. The van der Waals surface area contributed by atoms with E-state index in [9.17, 15) is 9.59 Å². The highest BCUT2D eigenvalue weighted by Gasteiger charge is 2.23. The molecule has 0 bridgehead atoms. The number of piperazine rings is 1. The van der Waals surface area contributed by atoms with Gasteiger partial charge in [-0.15, -0.1) is 0 Å². The number of carboxylic acids is 1. The number of para-hydroxylation sites is 3. The summed E-state index contributed by atoms with van der Waals surface area (Å²) in [5.74, 6) is 0.765. The number of aromatic nitrogens is 1. The summed E-state index contributed by atoms with van der Waals surface area (Å²) in [6, 6.07) is 32.1. The molecule has 1 aliphatic rings. The van der Waals surface area contributed by atoms with Gasteiger partial charge in [0.25, 0.3) is 0 Å². The number of aliphatic carboxylic acids is 1. The number of nitrogens with zero attached hydrogens (tertiary/aromatic N) is 3. The lowest BCUT2D eigenvalue weighted by molar-refractivity contribution is -0.137. The minimum absolute atomic E-state index is 0.0719. The third kappa shape index (κ3) is 8.55. The van der Waals surface area contributed by atoms with Crippen LogP contribution < -0.4 is 14.4 Å². The zero-order chi connectivity index (χ0) is 35.0. The molecule has 4 aromatic carbocycles. The maximum Gasteiger partial charge on any atom is 0.303 e. The number of benzene rings is 4. The van der Waals surface area contributed by atoms with Crippen LogP contribution in [0, 0.1) is 6.92 Å². The number of carbonyl (C=O) groups excluding carboxylic acids is 1. The molecule has 6 rings (SSSR count). The zero-order valence-corrected chi connectivity index (χ0v) is 29.3. The maximum absolute atomic E-state index is 13.7. The van der Waals surface area contributed by atoms with Gasteiger partial charge in [0.1, 0.15) is 17.6 Å². The van der Waals surface area contributed by atoms with Gasteiger partial charge in [0.15, 0.2) is 5.78 Å². The predicted octanol–water partition coefficient (Wildman–Crippen LogP) is 8.17. The quantitative estimate of drug-likeness (QED) is 0.112. The average molecular weight is 674 g/mol. The first-order chi connectivity index (χ1) is 24.2. The van der Waals surface area contributed by atoms with Crippen LogP contribution in [0.3, 0.4) is 0 Å². The summed E-state index contributed by atoms with van der Waals surface area (Å²) in [5, 5.41) is 9.94. The Morgan fingerprint density at radius 3 is 2.22 bits per heavy atom. The monoisotopic (exact) mass is 673 g/mol. The summed E-state index contributed by atoms with van der Waals surface area (Å²) >= 11 is 0. The lowest BCUT2D eigenvalue weighted by Gasteiger charge is -2.37. The summed E-state index contributed by atoms with van der Waals surface area (Å²) in [6.45, 7) is 11.4. The van der Waals surface area contributed by atoms with Crippen molar-refractivity contribution in [2.75, 3.05) is 37.6 Å². The van der Waals surface area contributed by atoms with Crippen molar-refractivity contribution in [3.8, 4) is 11.5 Å². The molecule has 5 aromatic rings. The first kappa shape index (κ1) is 34.8. The predicted molar refractivity (Wildman–Crippen MR) is 199 cm³/mol. The van der Waals surface area contributed by atoms with Crippen molar-refractivity contribution < 1.29 is 24.2 Å². The number of ether oxygens (including phenoxy) is 2. The van der Waals surface area contributed by atoms with Crippen molar-refractivity contribution in [3.05, 3.63) is 126 Å². The molecule has 0 amide bonds. The fourth-order valence-corrected chi connectivity index (χ4v) is 6.68. The smallest absolute Gasteiger partial charge is 0.303 e. The highest BCUT2D eigenvalue weighted by Crippen LogP contribution is 2.31. The fraction of sp³-hybridized carbons (Fsp3) is 0.333. The van der Waals surface area contributed by atoms with Crippen LogP contribution in [0.1, 0.15) is 66.3 Å². The first-order valence-corrected chi connectivity index (χ1v) is 17.7. The Balaban J connectivity index is 1.11. The number of anilines is 1. The van der Waals surface area contributed by atoms with E-state index in [1.54, 1.807) is 0 Å². The van der Waals surface area contributed by atoms with Crippen molar-refractivity contribution in [3.63, 3.8) is 0 Å². The molecular weight excluding hydrogens is 626 g/mol. The Labute approximate surface area is 294 Å². The lowest BCUT2D eigenvalue weighted by Crippen LogP contribution is -2.47. The third-order valence-electron chi connectivity index (χ3n) is 9.32. The van der Waals surface area contributed by atoms with Gasteiger partial charge in [-0.2, -0.15) is 0 Å². The zero-order valence-electron chi connectivity index (χ0n) is 29.3. The van der Waals surface area contributed by atoms with Crippen molar-refractivity contribution in [2.45, 2.75) is 58.8 Å². The van der Waals surface area contributed by atoms with E-state index in [0.29, 0.717) is 24.1 Å². The van der Waals surface area contributed by atoms with Gasteiger partial charge in [0.2, 0.25) is 0 Å². The van der Waals surface area contributed by atoms with E-state index >= 15 is 0 Å². The van der Waals surface area contributed by atoms with Crippen LogP contribution in [-0.2, 0) is 11.3 Å². The van der Waals surface area contributed by atoms with Gasteiger partial charge in [-0.25, -0.2) is 0 Å². The van der Waals surface area contributed by atoms with E-state index in [-0.39, 0.29) is 24.4 Å². The number of hydrogen-bond donors (Lipinski definition) is 1. The molecule has 0 aliphatic carbocycles. The minimum Gasteiger partial charge on any atom is -0.489 e. The second-order valence-electron chi connectivity index (χ2n) is 13.4. The number of rotatable bonds is 15. The Morgan fingerprint density at radius 2 is 1.50 bits per heavy atom. The molecule has 1 fully saturated rings. The minimum atomic E-state index is -0.821. The largest absolute Gasteiger partial charge is 0.489 e. The molecule has 1 saturated heterocycles. The van der Waals surface area contributed by atoms with Gasteiger partial charge in [-0.1, -0.05) is 60.2 Å². The topological polar surface area (TPSA) is 84.2 Å². The number of carboxylic acid groups (broad SMARTS) is 1. The highest BCUT2D eigenvalue weighted by atomic mass is 16.5. The number of fused-ring (bicyclic) bond motifs is 1. The normalized spacial score (nSPS) is 14.2. The van der Waals surface area contributed by atoms with E-state index in [0.717, 1.165) is 72.8 Å². The van der Waals surface area contributed by atoms with Crippen LogP contribution in [0.5, 0.6) is 11.5 Å². The van der Waals surface area contributed by atoms with Crippen LogP contribution in [0.25, 0.3) is 10.9 Å². The molecule has 1 aromatic heterocycles. The Kier molecular flexibility index (Phi) is 11.2. The van der Waals surface area contributed by atoms with Gasteiger partial charge in [0, 0.05) is 80.3 Å². The van der Waals surface area contributed by atoms with Gasteiger partial charge >= 0.3 is 5.97 Å². The molecule has 50 heavy (non-hydrogen) atoms. The number of hydrogen-bond acceptors (Lipinski definition) is 6. The molecule has 0 radical (unpaired) electrons. The van der Waals surface area contributed by atoms with E-state index in [4.69, 9.17) is 14.6 Å². The van der Waals surface area contributed by atoms with E-state index < -0.39 is 5.97 Å². The van der Waals surface area contributed by atoms with E-state index in [2.05, 4.69) is 73.0 Å². The van der Waals surface area contributed by atoms with Crippen molar-refractivity contribution in [1.29, 1.82) is 0 Å². The molecule has 0 spiro atoms. The summed E-state index contributed by atoms with van der Waals surface area (Å²) in [4.78, 5) is 29.7. The number of aryl methyl sites for hydroxylation is 2. The molecule has 8 nitrogen and oxygen atoms in total. The van der Waals surface area contributed by atoms with Crippen LogP contribution in [0.4, 0.5) is 5.69 Å². The SMILES string of the molecule is Cc1ccc(C(CCN2CCN(c3ccccc3OC(C)C)CC2)Oc2ccc(C(=O)c3cn(CCCC(=O)O)c4ccccc34)cc2)cc1. The summed E-state index contributed by atoms with van der Waals surface area (Å²) < 4.78 is 14.7. The van der Waals surface area contributed by atoms with Crippen LogP contribution in [-0.4, -0.2) is 65.2 Å². The van der Waals surface area contributed by atoms with Gasteiger partial charge in [0.05, 0.1) is 11.8 Å². The second-order valence-corrected chi connectivity index (χ2v) is 13.4.